The van der Waals surface area contributed by atoms with E-state index in [1.165, 1.54) is 6.92 Å². The summed E-state index contributed by atoms with van der Waals surface area (Å²) >= 11 is 15.7. The number of rotatable bonds is 3. The molecule has 0 spiro atoms. The minimum atomic E-state index is -0.257. The van der Waals surface area contributed by atoms with Gasteiger partial charge in [0.1, 0.15) is 0 Å². The molecule has 1 saturated carbocycles. The van der Waals surface area contributed by atoms with Gasteiger partial charge in [0.25, 0.3) is 0 Å². The molecule has 0 amide bonds. The standard InChI is InChI=1S/C15H13BrCl2N2O2/c1-8(21)22-7-9-2-3-10(4-9)20-14-6-12(18)11(17)5-13(14)19-15(20)16/h2-3,5-6,9-10H,4,7H2,1H3/t9-,10-/m0/s1. The maximum atomic E-state index is 10.9. The van der Waals surface area contributed by atoms with Gasteiger partial charge in [-0.2, -0.15) is 0 Å². The van der Waals surface area contributed by atoms with Crippen LogP contribution in [0.5, 0.6) is 0 Å². The van der Waals surface area contributed by atoms with E-state index >= 15 is 0 Å². The van der Waals surface area contributed by atoms with E-state index < -0.39 is 0 Å². The van der Waals surface area contributed by atoms with Gasteiger partial charge in [0, 0.05) is 13.0 Å². The van der Waals surface area contributed by atoms with Crippen LogP contribution in [0.2, 0.25) is 10.0 Å². The maximum absolute atomic E-state index is 10.9. The fourth-order valence-electron chi connectivity index (χ4n) is 2.67. The first-order chi connectivity index (χ1) is 10.5. The van der Waals surface area contributed by atoms with Gasteiger partial charge in [-0.1, -0.05) is 23.2 Å². The zero-order valence-electron chi connectivity index (χ0n) is 11.7. The van der Waals surface area contributed by atoms with Crippen molar-refractivity contribution >= 4 is 56.1 Å². The Labute approximate surface area is 146 Å². The van der Waals surface area contributed by atoms with Crippen molar-refractivity contribution in [2.45, 2.75) is 19.4 Å². The summed E-state index contributed by atoms with van der Waals surface area (Å²) in [4.78, 5) is 15.4. The van der Waals surface area contributed by atoms with E-state index in [4.69, 9.17) is 27.9 Å². The lowest BCUT2D eigenvalue weighted by atomic mass is 10.1. The Morgan fingerprint density at radius 2 is 2.14 bits per heavy atom. The molecule has 0 aliphatic heterocycles. The van der Waals surface area contributed by atoms with Crippen molar-refractivity contribution < 1.29 is 9.53 Å². The summed E-state index contributed by atoms with van der Waals surface area (Å²) in [6.07, 6.45) is 5.02. The van der Waals surface area contributed by atoms with E-state index in [1.807, 2.05) is 6.07 Å². The normalized spacial score (nSPS) is 21.5. The van der Waals surface area contributed by atoms with E-state index in [0.29, 0.717) is 16.7 Å². The Balaban J connectivity index is 1.86. The number of carbonyl (C=O) groups excluding carboxylic acids is 1. The molecule has 1 aromatic heterocycles. The SMILES string of the molecule is CC(=O)OC[C@H]1[CH][CH][C@H](n2c(Br)nc3cc(Cl)c(Cl)cc32)C1. The van der Waals surface area contributed by atoms with Crippen molar-refractivity contribution in [1.29, 1.82) is 0 Å². The molecule has 1 aliphatic rings. The molecule has 0 unspecified atom stereocenters. The number of aromatic nitrogens is 2. The molecular weight excluding hydrogens is 391 g/mol. The molecule has 22 heavy (non-hydrogen) atoms. The predicted molar refractivity (Wildman–Crippen MR) is 89.8 cm³/mol. The van der Waals surface area contributed by atoms with Crippen LogP contribution in [-0.2, 0) is 9.53 Å². The quantitative estimate of drug-likeness (QED) is 0.701. The number of fused-ring (bicyclic) bond motifs is 1. The second-order valence-electron chi connectivity index (χ2n) is 5.26. The van der Waals surface area contributed by atoms with Gasteiger partial charge < -0.3 is 9.30 Å². The largest absolute Gasteiger partial charge is 0.466 e. The van der Waals surface area contributed by atoms with Gasteiger partial charge in [0.2, 0.25) is 0 Å². The molecule has 7 heteroatoms. The van der Waals surface area contributed by atoms with Crippen molar-refractivity contribution in [2.75, 3.05) is 6.61 Å². The van der Waals surface area contributed by atoms with E-state index in [0.717, 1.165) is 22.2 Å². The zero-order chi connectivity index (χ0) is 15.9. The van der Waals surface area contributed by atoms with Crippen LogP contribution >= 0.6 is 39.1 Å². The van der Waals surface area contributed by atoms with E-state index in [-0.39, 0.29) is 17.9 Å². The van der Waals surface area contributed by atoms with Crippen LogP contribution in [0.3, 0.4) is 0 Å². The second-order valence-corrected chi connectivity index (χ2v) is 6.78. The molecule has 0 N–H and O–H groups in total. The molecule has 1 fully saturated rings. The lowest BCUT2D eigenvalue weighted by molar-refractivity contribution is -0.141. The molecular formula is C15H13BrCl2N2O2. The molecule has 0 saturated heterocycles. The molecule has 2 aromatic rings. The third kappa shape index (κ3) is 3.12. The summed E-state index contributed by atoms with van der Waals surface area (Å²) in [6, 6.07) is 3.72. The Morgan fingerprint density at radius 1 is 1.41 bits per heavy atom. The number of benzene rings is 1. The van der Waals surface area contributed by atoms with Crippen molar-refractivity contribution in [2.24, 2.45) is 5.92 Å². The van der Waals surface area contributed by atoms with Crippen molar-refractivity contribution in [3.05, 3.63) is 39.8 Å². The maximum Gasteiger partial charge on any atom is 0.302 e. The summed E-state index contributed by atoms with van der Waals surface area (Å²) in [6.45, 7) is 1.82. The number of nitrogens with zero attached hydrogens (tertiary/aromatic N) is 2. The first kappa shape index (κ1) is 16.1. The molecule has 2 radical (unpaired) electrons. The summed E-state index contributed by atoms with van der Waals surface area (Å²) in [5.74, 6) is -0.0476. The monoisotopic (exact) mass is 402 g/mol. The fraction of sp³-hybridized carbons (Fsp3) is 0.333. The highest BCUT2D eigenvalue weighted by Crippen LogP contribution is 2.39. The number of hydrogen-bond acceptors (Lipinski definition) is 3. The number of hydrogen-bond donors (Lipinski definition) is 0. The smallest absolute Gasteiger partial charge is 0.302 e. The third-order valence-corrected chi connectivity index (χ3v) is 4.95. The van der Waals surface area contributed by atoms with Crippen LogP contribution in [0.15, 0.2) is 16.9 Å². The molecule has 1 aliphatic carbocycles. The average Bonchev–Trinajstić information content (AvgIpc) is 3.01. The summed E-state index contributed by atoms with van der Waals surface area (Å²) < 4.78 is 7.88. The first-order valence-electron chi connectivity index (χ1n) is 6.80. The predicted octanol–water partition coefficient (Wildman–Crippen LogP) is 4.64. The highest BCUT2D eigenvalue weighted by atomic mass is 79.9. The van der Waals surface area contributed by atoms with Gasteiger partial charge in [-0.25, -0.2) is 4.98 Å². The highest BCUT2D eigenvalue weighted by Gasteiger charge is 2.29. The van der Waals surface area contributed by atoms with Crippen LogP contribution in [0.1, 0.15) is 19.4 Å². The van der Waals surface area contributed by atoms with Crippen LogP contribution in [0, 0.1) is 18.8 Å². The summed E-state index contributed by atoms with van der Waals surface area (Å²) in [5, 5.41) is 0.988. The molecule has 3 rings (SSSR count). The topological polar surface area (TPSA) is 44.1 Å². The molecule has 1 aromatic carbocycles. The van der Waals surface area contributed by atoms with Gasteiger partial charge in [0.15, 0.2) is 4.73 Å². The molecule has 4 nitrogen and oxygen atoms in total. The Bertz CT molecular complexity index is 732. The van der Waals surface area contributed by atoms with E-state index in [2.05, 4.69) is 38.3 Å². The van der Waals surface area contributed by atoms with Gasteiger partial charge in [-0.15, -0.1) is 0 Å². The van der Waals surface area contributed by atoms with Crippen LogP contribution in [0.4, 0.5) is 0 Å². The summed E-state index contributed by atoms with van der Waals surface area (Å²) in [7, 11) is 0. The number of imidazole rings is 1. The van der Waals surface area contributed by atoms with Gasteiger partial charge in [-0.3, -0.25) is 4.79 Å². The first-order valence-corrected chi connectivity index (χ1v) is 8.34. The lowest BCUT2D eigenvalue weighted by Crippen LogP contribution is -2.11. The lowest BCUT2D eigenvalue weighted by Gasteiger charge is -2.15. The highest BCUT2D eigenvalue weighted by molar-refractivity contribution is 9.10. The Kier molecular flexibility index (Phi) is 4.67. The van der Waals surface area contributed by atoms with E-state index in [9.17, 15) is 4.79 Å². The van der Waals surface area contributed by atoms with Crippen molar-refractivity contribution in [3.63, 3.8) is 0 Å². The van der Waals surface area contributed by atoms with Crippen LogP contribution in [-0.4, -0.2) is 22.1 Å². The molecule has 116 valence electrons. The van der Waals surface area contributed by atoms with Gasteiger partial charge in [0.05, 0.1) is 27.7 Å². The average molecular weight is 404 g/mol. The Morgan fingerprint density at radius 3 is 2.86 bits per heavy atom. The molecule has 2 atom stereocenters. The van der Waals surface area contributed by atoms with Gasteiger partial charge in [-0.05, 0) is 53.2 Å². The van der Waals surface area contributed by atoms with Crippen LogP contribution in [0.25, 0.3) is 11.0 Å². The third-order valence-electron chi connectivity index (χ3n) is 3.67. The number of halogens is 3. The number of ether oxygens (including phenoxy) is 1. The van der Waals surface area contributed by atoms with Crippen LogP contribution < -0.4 is 0 Å². The second kappa shape index (κ2) is 6.38. The Hall–Kier alpha value is -0.780. The minimum Gasteiger partial charge on any atom is -0.466 e. The van der Waals surface area contributed by atoms with Gasteiger partial charge >= 0.3 is 5.97 Å². The molecule has 1 heterocycles. The minimum absolute atomic E-state index is 0.136. The van der Waals surface area contributed by atoms with Crippen molar-refractivity contribution in [1.82, 2.24) is 9.55 Å². The summed E-state index contributed by atoms with van der Waals surface area (Å²) in [5.41, 5.74) is 1.71. The zero-order valence-corrected chi connectivity index (χ0v) is 14.8. The number of esters is 1. The molecule has 0 bridgehead atoms. The van der Waals surface area contributed by atoms with E-state index in [1.54, 1.807) is 6.07 Å². The number of carbonyl (C=O) groups is 1. The fourth-order valence-corrected chi connectivity index (χ4v) is 3.63. The van der Waals surface area contributed by atoms with Crippen molar-refractivity contribution in [3.8, 4) is 0 Å².